The zero-order chi connectivity index (χ0) is 18.6. The number of nitrogen functional groups attached to an aromatic ring is 1. The minimum absolute atomic E-state index is 0.0983. The van der Waals surface area contributed by atoms with Gasteiger partial charge in [-0.25, -0.2) is 4.98 Å². The molecule has 0 spiro atoms. The Morgan fingerprint density at radius 3 is 2.70 bits per heavy atom. The summed E-state index contributed by atoms with van der Waals surface area (Å²) in [5, 5.41) is 3.94. The quantitative estimate of drug-likeness (QED) is 0.701. The van der Waals surface area contributed by atoms with Crippen molar-refractivity contribution in [2.45, 2.75) is 44.9 Å². The summed E-state index contributed by atoms with van der Waals surface area (Å²) in [6.45, 7) is 0.598. The summed E-state index contributed by atoms with van der Waals surface area (Å²) in [6, 6.07) is 12.3. The number of fused-ring (bicyclic) bond motifs is 2. The van der Waals surface area contributed by atoms with E-state index in [4.69, 9.17) is 10.7 Å². The van der Waals surface area contributed by atoms with Crippen LogP contribution in [0.3, 0.4) is 0 Å². The highest BCUT2D eigenvalue weighted by atomic mass is 32.1. The summed E-state index contributed by atoms with van der Waals surface area (Å²) in [7, 11) is 0. The van der Waals surface area contributed by atoms with Gasteiger partial charge in [0, 0.05) is 17.6 Å². The van der Waals surface area contributed by atoms with E-state index in [1.54, 1.807) is 0 Å². The second-order valence-electron chi connectivity index (χ2n) is 7.20. The van der Waals surface area contributed by atoms with Crippen molar-refractivity contribution in [3.8, 4) is 0 Å². The molecule has 1 aliphatic rings. The number of aryl methyl sites for hydroxylation is 2. The molecule has 1 amide bonds. The van der Waals surface area contributed by atoms with Gasteiger partial charge in [0.15, 0.2) is 0 Å². The Morgan fingerprint density at radius 2 is 1.89 bits per heavy atom. The van der Waals surface area contributed by atoms with E-state index < -0.39 is 0 Å². The van der Waals surface area contributed by atoms with Crippen LogP contribution in [0, 0.1) is 0 Å². The van der Waals surface area contributed by atoms with E-state index in [0.29, 0.717) is 17.1 Å². The highest BCUT2D eigenvalue weighted by molar-refractivity contribution is 7.21. The number of anilines is 1. The van der Waals surface area contributed by atoms with E-state index in [-0.39, 0.29) is 5.91 Å². The number of hydrogen-bond acceptors (Lipinski definition) is 4. The SMILES string of the molecule is Nc1c(C(=O)NCCc2ccccc2)sc2nc3c(cc12)CCCCCC3. The van der Waals surface area contributed by atoms with Crippen molar-refractivity contribution in [2.24, 2.45) is 0 Å². The van der Waals surface area contributed by atoms with Crippen LogP contribution in [0.2, 0.25) is 0 Å². The van der Waals surface area contributed by atoms with E-state index in [0.717, 1.165) is 29.5 Å². The van der Waals surface area contributed by atoms with Crippen molar-refractivity contribution in [2.75, 3.05) is 12.3 Å². The molecule has 0 saturated carbocycles. The Balaban J connectivity index is 1.52. The molecule has 0 fully saturated rings. The van der Waals surface area contributed by atoms with Crippen molar-refractivity contribution in [1.82, 2.24) is 10.3 Å². The van der Waals surface area contributed by atoms with Crippen molar-refractivity contribution in [1.29, 1.82) is 0 Å². The number of hydrogen-bond donors (Lipinski definition) is 2. The zero-order valence-corrected chi connectivity index (χ0v) is 16.3. The summed E-state index contributed by atoms with van der Waals surface area (Å²) < 4.78 is 0. The lowest BCUT2D eigenvalue weighted by molar-refractivity contribution is 0.0959. The molecule has 140 valence electrons. The first kappa shape index (κ1) is 18.0. The number of carbonyl (C=O) groups excluding carboxylic acids is 1. The van der Waals surface area contributed by atoms with Gasteiger partial charge in [0.2, 0.25) is 0 Å². The fraction of sp³-hybridized carbons (Fsp3) is 0.364. The second-order valence-corrected chi connectivity index (χ2v) is 8.20. The third-order valence-corrected chi connectivity index (χ3v) is 6.36. The maximum atomic E-state index is 12.6. The molecule has 27 heavy (non-hydrogen) atoms. The first-order valence-electron chi connectivity index (χ1n) is 9.75. The molecule has 3 aromatic rings. The molecular formula is C22H25N3OS. The molecule has 1 aromatic carbocycles. The molecule has 4 nitrogen and oxygen atoms in total. The predicted octanol–water partition coefficient (Wildman–Crippen LogP) is 4.51. The number of carbonyl (C=O) groups is 1. The summed E-state index contributed by atoms with van der Waals surface area (Å²) in [5.74, 6) is -0.0983. The number of amides is 1. The Hall–Kier alpha value is -2.40. The fourth-order valence-corrected chi connectivity index (χ4v) is 4.74. The van der Waals surface area contributed by atoms with E-state index in [1.807, 2.05) is 18.2 Å². The van der Waals surface area contributed by atoms with Gasteiger partial charge in [-0.05, 0) is 49.3 Å². The van der Waals surface area contributed by atoms with Gasteiger partial charge >= 0.3 is 0 Å². The van der Waals surface area contributed by atoms with Crippen LogP contribution in [0.5, 0.6) is 0 Å². The minimum atomic E-state index is -0.0983. The molecule has 1 aliphatic carbocycles. The molecule has 0 unspecified atom stereocenters. The van der Waals surface area contributed by atoms with E-state index in [1.165, 1.54) is 53.8 Å². The van der Waals surface area contributed by atoms with Crippen LogP contribution in [0.15, 0.2) is 36.4 Å². The zero-order valence-electron chi connectivity index (χ0n) is 15.5. The van der Waals surface area contributed by atoms with Gasteiger partial charge < -0.3 is 11.1 Å². The lowest BCUT2D eigenvalue weighted by atomic mass is 9.96. The van der Waals surface area contributed by atoms with Crippen LogP contribution in [0.4, 0.5) is 5.69 Å². The van der Waals surface area contributed by atoms with Gasteiger partial charge in [-0.3, -0.25) is 4.79 Å². The standard InChI is InChI=1S/C22H25N3OS/c23-19-17-14-16-10-6-1-2-7-11-18(16)25-22(17)27-20(19)21(26)24-13-12-15-8-4-3-5-9-15/h3-5,8-9,14H,1-2,6-7,10-13,23H2,(H,24,26). The van der Waals surface area contributed by atoms with Gasteiger partial charge in [0.05, 0.1) is 5.69 Å². The maximum Gasteiger partial charge on any atom is 0.263 e. The van der Waals surface area contributed by atoms with Crippen molar-refractivity contribution < 1.29 is 4.79 Å². The highest BCUT2D eigenvalue weighted by Crippen LogP contribution is 2.35. The van der Waals surface area contributed by atoms with Crippen molar-refractivity contribution >= 4 is 33.1 Å². The van der Waals surface area contributed by atoms with Gasteiger partial charge in [-0.1, -0.05) is 43.2 Å². The number of benzene rings is 1. The number of aromatic nitrogens is 1. The molecule has 0 radical (unpaired) electrons. The van der Waals surface area contributed by atoms with Gasteiger partial charge in [0.1, 0.15) is 9.71 Å². The third kappa shape index (κ3) is 3.98. The topological polar surface area (TPSA) is 68.0 Å². The van der Waals surface area contributed by atoms with Crippen molar-refractivity contribution in [3.05, 3.63) is 58.1 Å². The number of rotatable bonds is 4. The highest BCUT2D eigenvalue weighted by Gasteiger charge is 2.19. The van der Waals surface area contributed by atoms with E-state index >= 15 is 0 Å². The molecule has 2 aromatic heterocycles. The van der Waals surface area contributed by atoms with Crippen LogP contribution in [-0.4, -0.2) is 17.4 Å². The minimum Gasteiger partial charge on any atom is -0.397 e. The number of nitrogens with zero attached hydrogens (tertiary/aromatic N) is 1. The molecule has 0 atom stereocenters. The summed E-state index contributed by atoms with van der Waals surface area (Å²) >= 11 is 1.41. The lowest BCUT2D eigenvalue weighted by Crippen LogP contribution is -2.25. The first-order valence-corrected chi connectivity index (χ1v) is 10.6. The normalized spacial score (nSPS) is 14.4. The van der Waals surface area contributed by atoms with Crippen molar-refractivity contribution in [3.63, 3.8) is 0 Å². The molecular weight excluding hydrogens is 354 g/mol. The van der Waals surface area contributed by atoms with Gasteiger partial charge in [-0.2, -0.15) is 0 Å². The second kappa shape index (κ2) is 8.09. The monoisotopic (exact) mass is 379 g/mol. The van der Waals surface area contributed by atoms with Crippen LogP contribution in [-0.2, 0) is 19.3 Å². The Kier molecular flexibility index (Phi) is 5.39. The van der Waals surface area contributed by atoms with Crippen LogP contribution in [0.1, 0.15) is 52.2 Å². The van der Waals surface area contributed by atoms with Crippen LogP contribution >= 0.6 is 11.3 Å². The Bertz CT molecular complexity index is 949. The first-order chi connectivity index (χ1) is 13.2. The maximum absolute atomic E-state index is 12.6. The average Bonchev–Trinajstić information content (AvgIpc) is 2.98. The summed E-state index contributed by atoms with van der Waals surface area (Å²) in [5.41, 5.74) is 10.6. The molecule has 3 N–H and O–H groups in total. The lowest BCUT2D eigenvalue weighted by Gasteiger charge is -2.12. The average molecular weight is 380 g/mol. The largest absolute Gasteiger partial charge is 0.397 e. The van der Waals surface area contributed by atoms with E-state index in [9.17, 15) is 4.79 Å². The Morgan fingerprint density at radius 1 is 1.11 bits per heavy atom. The number of pyridine rings is 1. The summed E-state index contributed by atoms with van der Waals surface area (Å²) in [4.78, 5) is 19.0. The fourth-order valence-electron chi connectivity index (χ4n) is 3.73. The Labute approximate surface area is 163 Å². The van der Waals surface area contributed by atoms with Crippen LogP contribution in [0.25, 0.3) is 10.2 Å². The predicted molar refractivity (Wildman–Crippen MR) is 112 cm³/mol. The molecule has 0 bridgehead atoms. The van der Waals surface area contributed by atoms with Crippen LogP contribution < -0.4 is 11.1 Å². The summed E-state index contributed by atoms with van der Waals surface area (Å²) in [6.07, 6.45) is 7.86. The molecule has 4 rings (SSSR count). The smallest absolute Gasteiger partial charge is 0.263 e. The number of thiophene rings is 1. The number of nitrogens with two attached hydrogens (primary N) is 1. The molecule has 5 heteroatoms. The molecule has 2 heterocycles. The molecule has 0 aliphatic heterocycles. The van der Waals surface area contributed by atoms with E-state index in [2.05, 4.69) is 23.5 Å². The van der Waals surface area contributed by atoms with Gasteiger partial charge in [-0.15, -0.1) is 11.3 Å². The third-order valence-electron chi connectivity index (χ3n) is 5.25. The molecule has 0 saturated heterocycles. The number of nitrogens with one attached hydrogen (secondary N) is 1. The van der Waals surface area contributed by atoms with Gasteiger partial charge in [0.25, 0.3) is 5.91 Å².